The highest BCUT2D eigenvalue weighted by Crippen LogP contribution is 2.37. The summed E-state index contributed by atoms with van der Waals surface area (Å²) in [5.74, 6) is 0.0653. The van der Waals surface area contributed by atoms with Crippen LogP contribution < -0.4 is 4.90 Å². The van der Waals surface area contributed by atoms with Crippen molar-refractivity contribution in [1.82, 2.24) is 14.7 Å². The summed E-state index contributed by atoms with van der Waals surface area (Å²) >= 11 is 6.26. The molecule has 1 aromatic heterocycles. The molecule has 0 aliphatic heterocycles. The summed E-state index contributed by atoms with van der Waals surface area (Å²) in [6.45, 7) is 7.96. The first kappa shape index (κ1) is 21.8. The van der Waals surface area contributed by atoms with Crippen molar-refractivity contribution in [2.45, 2.75) is 26.7 Å². The minimum Gasteiger partial charge on any atom is -0.298 e. The first-order valence-electron chi connectivity index (χ1n) is 11.1. The molecule has 6 heteroatoms. The highest BCUT2D eigenvalue weighted by Gasteiger charge is 2.32. The lowest BCUT2D eigenvalue weighted by atomic mass is 9.88. The van der Waals surface area contributed by atoms with Crippen molar-refractivity contribution < 1.29 is 9.69 Å². The lowest BCUT2D eigenvalue weighted by Gasteiger charge is -2.20. The predicted octanol–water partition coefficient (Wildman–Crippen LogP) is 3.29. The second-order valence-corrected chi connectivity index (χ2v) is 8.55. The molecular weight excluding hydrogens is 408 g/mol. The van der Waals surface area contributed by atoms with Crippen LogP contribution >= 0.6 is 11.6 Å². The Balaban J connectivity index is 1.75. The summed E-state index contributed by atoms with van der Waals surface area (Å²) in [6.07, 6.45) is 1.65. The third kappa shape index (κ3) is 4.31. The minimum atomic E-state index is 0.0653. The van der Waals surface area contributed by atoms with Gasteiger partial charge in [0.2, 0.25) is 0 Å². The summed E-state index contributed by atoms with van der Waals surface area (Å²) in [4.78, 5) is 16.7. The van der Waals surface area contributed by atoms with Crippen LogP contribution in [0.3, 0.4) is 0 Å². The van der Waals surface area contributed by atoms with Crippen LogP contribution in [-0.2, 0) is 12.8 Å². The number of halogens is 1. The number of carbonyl (C=O) groups excluding carboxylic acids is 1. The molecule has 0 fully saturated rings. The minimum absolute atomic E-state index is 0.0653. The van der Waals surface area contributed by atoms with Gasteiger partial charge in [-0.05, 0) is 55.8 Å². The molecule has 1 N–H and O–H groups in total. The molecule has 0 radical (unpaired) electrons. The molecule has 1 unspecified atom stereocenters. The van der Waals surface area contributed by atoms with Gasteiger partial charge in [-0.25, -0.2) is 9.48 Å². The van der Waals surface area contributed by atoms with Crippen LogP contribution in [0.2, 0.25) is 5.02 Å². The lowest BCUT2D eigenvalue weighted by molar-refractivity contribution is -0.791. The third-order valence-electron chi connectivity index (χ3n) is 6.25. The summed E-state index contributed by atoms with van der Waals surface area (Å²) in [5.41, 5.74) is 5.94. The van der Waals surface area contributed by atoms with Crippen molar-refractivity contribution >= 4 is 17.5 Å². The molecule has 0 saturated carbocycles. The van der Waals surface area contributed by atoms with Gasteiger partial charge < -0.3 is 0 Å². The average Bonchev–Trinajstić information content (AvgIpc) is 3.19. The number of aryl methyl sites for hydroxylation is 1. The van der Waals surface area contributed by atoms with E-state index in [2.05, 4.69) is 24.8 Å². The third-order valence-corrected chi connectivity index (χ3v) is 6.49. The molecule has 1 atom stereocenters. The first-order valence-corrected chi connectivity index (χ1v) is 11.5. The number of nitrogens with one attached hydrogen (secondary N) is 1. The fourth-order valence-electron chi connectivity index (χ4n) is 4.34. The zero-order chi connectivity index (χ0) is 22.0. The first-order chi connectivity index (χ1) is 15.0. The molecule has 0 saturated heterocycles. The van der Waals surface area contributed by atoms with Crippen LogP contribution in [0.1, 0.15) is 35.5 Å². The van der Waals surface area contributed by atoms with Crippen LogP contribution in [0.4, 0.5) is 0 Å². The summed E-state index contributed by atoms with van der Waals surface area (Å²) in [6, 6.07) is 16.1. The number of carbonyl (C=O) groups is 1. The van der Waals surface area contributed by atoms with E-state index in [0.29, 0.717) is 5.69 Å². The number of benzene rings is 2. The molecule has 1 amide bonds. The second-order valence-electron chi connectivity index (χ2n) is 8.11. The maximum atomic E-state index is 13.5. The van der Waals surface area contributed by atoms with Crippen LogP contribution in [-0.4, -0.2) is 53.8 Å². The molecule has 31 heavy (non-hydrogen) atoms. The van der Waals surface area contributed by atoms with Gasteiger partial charge >= 0.3 is 5.91 Å². The number of para-hydroxylation sites is 1. The van der Waals surface area contributed by atoms with Crippen molar-refractivity contribution in [2.24, 2.45) is 0 Å². The fourth-order valence-corrected chi connectivity index (χ4v) is 4.54. The van der Waals surface area contributed by atoms with Crippen molar-refractivity contribution in [1.29, 1.82) is 0 Å². The molecule has 1 aliphatic rings. The van der Waals surface area contributed by atoms with E-state index in [1.54, 1.807) is 0 Å². The van der Waals surface area contributed by atoms with E-state index < -0.39 is 0 Å². The maximum absolute atomic E-state index is 13.5. The van der Waals surface area contributed by atoms with Crippen LogP contribution in [0.5, 0.6) is 0 Å². The number of likely N-dealkylation sites (N-methyl/N-ethyl adjacent to an activating group) is 2. The molecule has 0 spiro atoms. The van der Waals surface area contributed by atoms with E-state index in [4.69, 9.17) is 16.7 Å². The zero-order valence-corrected chi connectivity index (χ0v) is 19.2. The topological polar surface area (TPSA) is 42.6 Å². The highest BCUT2D eigenvalue weighted by molar-refractivity contribution is 6.30. The highest BCUT2D eigenvalue weighted by atomic mass is 35.5. The Labute approximate surface area is 189 Å². The smallest absolute Gasteiger partial charge is 0.298 e. The molecule has 162 valence electrons. The fraction of sp³-hybridized carbons (Fsp3) is 0.360. The second kappa shape index (κ2) is 9.35. The Bertz CT molecular complexity index is 1070. The molecule has 1 heterocycles. The van der Waals surface area contributed by atoms with E-state index >= 15 is 0 Å². The summed E-state index contributed by atoms with van der Waals surface area (Å²) < 4.78 is 1.94. The molecule has 2 aromatic carbocycles. The number of amides is 1. The van der Waals surface area contributed by atoms with E-state index in [9.17, 15) is 4.79 Å². The van der Waals surface area contributed by atoms with Crippen LogP contribution in [0.15, 0.2) is 48.5 Å². The Morgan fingerprint density at radius 2 is 1.87 bits per heavy atom. The molecule has 4 rings (SSSR count). The monoisotopic (exact) mass is 437 g/mol. The Morgan fingerprint density at radius 1 is 1.13 bits per heavy atom. The maximum Gasteiger partial charge on any atom is 0.364 e. The average molecular weight is 438 g/mol. The van der Waals surface area contributed by atoms with Crippen LogP contribution in [0, 0.1) is 0 Å². The van der Waals surface area contributed by atoms with E-state index in [1.165, 1.54) is 5.56 Å². The quantitative estimate of drug-likeness (QED) is 0.616. The Kier molecular flexibility index (Phi) is 6.56. The van der Waals surface area contributed by atoms with Gasteiger partial charge in [0.15, 0.2) is 5.69 Å². The number of quaternary nitrogens is 1. The number of fused-ring (bicyclic) bond motifs is 3. The van der Waals surface area contributed by atoms with Gasteiger partial charge in [-0.3, -0.25) is 9.80 Å². The van der Waals surface area contributed by atoms with E-state index in [0.717, 1.165) is 71.5 Å². The molecular formula is C25H30ClN4O+. The molecule has 1 aliphatic carbocycles. The number of aromatic nitrogens is 2. The van der Waals surface area contributed by atoms with Crippen molar-refractivity contribution in [3.63, 3.8) is 0 Å². The largest absolute Gasteiger partial charge is 0.364 e. The van der Waals surface area contributed by atoms with E-state index in [1.807, 2.05) is 54.2 Å². The number of rotatable bonds is 7. The van der Waals surface area contributed by atoms with Crippen molar-refractivity contribution in [3.8, 4) is 16.9 Å². The lowest BCUT2D eigenvalue weighted by Crippen LogP contribution is -3.12. The Hall–Kier alpha value is -2.47. The van der Waals surface area contributed by atoms with Gasteiger partial charge in [0.05, 0.1) is 25.0 Å². The summed E-state index contributed by atoms with van der Waals surface area (Å²) in [7, 11) is 1.95. The molecule has 5 nitrogen and oxygen atoms in total. The Morgan fingerprint density at radius 3 is 2.58 bits per heavy atom. The van der Waals surface area contributed by atoms with Crippen molar-refractivity contribution in [3.05, 3.63) is 70.4 Å². The number of hydrogen-bond acceptors (Lipinski definition) is 3. The summed E-state index contributed by atoms with van der Waals surface area (Å²) in [5, 5.41) is 5.61. The standard InChI is InChI=1S/C25H29ClN4O/c1-4-29(5-2)16-15-28(3)25(31)23-22-13-11-18-17-19(26)12-14-21(18)24(22)30(27-23)20-9-7-6-8-10-20/h6-10,12,14,17H,4-5,11,13,15-16H2,1-3H3/p+1. The van der Waals surface area contributed by atoms with E-state index in [-0.39, 0.29) is 5.91 Å². The predicted molar refractivity (Wildman–Crippen MR) is 125 cm³/mol. The molecule has 0 bridgehead atoms. The van der Waals surface area contributed by atoms with Crippen molar-refractivity contribution in [2.75, 3.05) is 33.2 Å². The number of nitrogens with zero attached hydrogens (tertiary/aromatic N) is 3. The number of hydrogen-bond donors (Lipinski definition) is 1. The van der Waals surface area contributed by atoms with Gasteiger partial charge in [-0.15, -0.1) is 0 Å². The zero-order valence-electron chi connectivity index (χ0n) is 18.5. The molecule has 3 aromatic rings. The van der Waals surface area contributed by atoms with Gasteiger partial charge in [-0.2, -0.15) is 5.10 Å². The normalized spacial score (nSPS) is 13.7. The van der Waals surface area contributed by atoms with Gasteiger partial charge in [0.25, 0.3) is 0 Å². The van der Waals surface area contributed by atoms with Gasteiger partial charge in [0.1, 0.15) is 0 Å². The van der Waals surface area contributed by atoms with Gasteiger partial charge in [0, 0.05) is 22.7 Å². The SMILES string of the molecule is CCN(CC)CC[NH+](C)C(=O)c1nn(-c2ccccc2)c2c1CCc1cc(Cl)ccc1-2. The van der Waals surface area contributed by atoms with Crippen LogP contribution in [0.25, 0.3) is 16.9 Å². The van der Waals surface area contributed by atoms with Gasteiger partial charge in [-0.1, -0.05) is 49.7 Å².